The zero-order valence-corrected chi connectivity index (χ0v) is 21.5. The molecular formula is C27H25F5N4O2S. The van der Waals surface area contributed by atoms with E-state index >= 15 is 0 Å². The predicted molar refractivity (Wildman–Crippen MR) is 137 cm³/mol. The third kappa shape index (κ3) is 6.21. The summed E-state index contributed by atoms with van der Waals surface area (Å²) in [6, 6.07) is 8.10. The Morgan fingerprint density at radius 2 is 1.74 bits per heavy atom. The van der Waals surface area contributed by atoms with Gasteiger partial charge in [-0.3, -0.25) is 9.59 Å². The summed E-state index contributed by atoms with van der Waals surface area (Å²) in [5, 5.41) is 3.01. The van der Waals surface area contributed by atoms with Crippen molar-refractivity contribution < 1.29 is 31.5 Å². The Kier molecular flexibility index (Phi) is 7.57. The predicted octanol–water partition coefficient (Wildman–Crippen LogP) is 5.39. The van der Waals surface area contributed by atoms with E-state index in [9.17, 15) is 31.5 Å². The van der Waals surface area contributed by atoms with Gasteiger partial charge >= 0.3 is 6.18 Å². The summed E-state index contributed by atoms with van der Waals surface area (Å²) in [6.07, 6.45) is -2.52. The number of halogens is 5. The van der Waals surface area contributed by atoms with Crippen LogP contribution in [0.5, 0.6) is 0 Å². The van der Waals surface area contributed by atoms with E-state index in [1.165, 1.54) is 17.4 Å². The van der Waals surface area contributed by atoms with Crippen LogP contribution < -0.4 is 10.2 Å². The average molecular weight is 565 g/mol. The highest BCUT2D eigenvalue weighted by Crippen LogP contribution is 2.38. The Balaban J connectivity index is 1.22. The Bertz CT molecular complexity index is 1360. The maximum absolute atomic E-state index is 13.4. The second kappa shape index (κ2) is 10.9. The minimum Gasteiger partial charge on any atom is -0.368 e. The molecule has 2 amide bonds. The summed E-state index contributed by atoms with van der Waals surface area (Å²) < 4.78 is 66.2. The first-order chi connectivity index (χ1) is 18.6. The summed E-state index contributed by atoms with van der Waals surface area (Å²) in [5.41, 5.74) is 0.591. The third-order valence-electron chi connectivity index (χ3n) is 6.92. The highest BCUT2D eigenvalue weighted by atomic mass is 32.1. The normalized spacial score (nSPS) is 17.6. The summed E-state index contributed by atoms with van der Waals surface area (Å²) in [5.74, 6) is -2.55. The fourth-order valence-corrected chi connectivity index (χ4v) is 6.14. The van der Waals surface area contributed by atoms with Gasteiger partial charge < -0.3 is 15.1 Å². The molecule has 1 aromatic heterocycles. The molecule has 1 aliphatic carbocycles. The maximum Gasteiger partial charge on any atom is 0.416 e. The van der Waals surface area contributed by atoms with E-state index in [0.717, 1.165) is 48.1 Å². The SMILES string of the molecule is O=C(Cc1cc(F)cc(F)c1)Nc1nc2c(s1)CCCC2C(=O)N1CCN(c2cccc(C(F)(F)F)c2)CC1. The van der Waals surface area contributed by atoms with Gasteiger partial charge in [0.05, 0.1) is 23.6 Å². The van der Waals surface area contributed by atoms with Gasteiger partial charge in [-0.15, -0.1) is 11.3 Å². The smallest absolute Gasteiger partial charge is 0.368 e. The van der Waals surface area contributed by atoms with Crippen molar-refractivity contribution in [2.75, 3.05) is 36.4 Å². The van der Waals surface area contributed by atoms with E-state index in [1.807, 2.05) is 4.90 Å². The number of aryl methyl sites for hydroxylation is 1. The molecule has 2 heterocycles. The van der Waals surface area contributed by atoms with Crippen molar-refractivity contribution in [1.29, 1.82) is 0 Å². The number of nitrogens with zero attached hydrogens (tertiary/aromatic N) is 3. The minimum absolute atomic E-state index is 0.0851. The molecule has 0 radical (unpaired) electrons. The monoisotopic (exact) mass is 564 g/mol. The van der Waals surface area contributed by atoms with Crippen LogP contribution in [0.2, 0.25) is 0 Å². The number of aromatic nitrogens is 1. The van der Waals surface area contributed by atoms with Gasteiger partial charge in [-0.1, -0.05) is 6.07 Å². The molecule has 6 nitrogen and oxygen atoms in total. The van der Waals surface area contributed by atoms with E-state index in [1.54, 1.807) is 11.0 Å². The standard InChI is InChI=1S/C27H25F5N4O2S/c28-18-11-16(12-19(29)15-18)13-23(37)33-26-34-24-21(5-2-6-22(24)39-26)25(38)36-9-7-35(8-10-36)20-4-1-3-17(14-20)27(30,31)32/h1,3-4,11-12,14-15,21H,2,5-10,13H2,(H,33,34,37). The number of thiazole rings is 1. The lowest BCUT2D eigenvalue weighted by Gasteiger charge is -2.38. The molecule has 1 unspecified atom stereocenters. The fraction of sp³-hybridized carbons (Fsp3) is 0.370. The first kappa shape index (κ1) is 27.0. The quantitative estimate of drug-likeness (QED) is 0.422. The third-order valence-corrected chi connectivity index (χ3v) is 7.96. The van der Waals surface area contributed by atoms with Gasteiger partial charge in [0.2, 0.25) is 11.8 Å². The molecule has 206 valence electrons. The molecule has 2 aliphatic rings. The van der Waals surface area contributed by atoms with E-state index in [2.05, 4.69) is 10.3 Å². The zero-order chi connectivity index (χ0) is 27.7. The number of hydrogen-bond acceptors (Lipinski definition) is 5. The minimum atomic E-state index is -4.42. The van der Waals surface area contributed by atoms with Gasteiger partial charge in [0.25, 0.3) is 0 Å². The maximum atomic E-state index is 13.4. The first-order valence-corrected chi connectivity index (χ1v) is 13.3. The Labute approximate surface area is 225 Å². The zero-order valence-electron chi connectivity index (χ0n) is 20.7. The van der Waals surface area contributed by atoms with Crippen LogP contribution >= 0.6 is 11.3 Å². The van der Waals surface area contributed by atoms with E-state index in [-0.39, 0.29) is 17.9 Å². The highest BCUT2D eigenvalue weighted by Gasteiger charge is 2.35. The first-order valence-electron chi connectivity index (χ1n) is 12.5. The number of benzene rings is 2. The molecule has 3 aromatic rings. The Hall–Kier alpha value is -3.54. The lowest BCUT2D eigenvalue weighted by Crippen LogP contribution is -2.50. The van der Waals surface area contributed by atoms with Gasteiger partial charge in [-0.25, -0.2) is 13.8 Å². The van der Waals surface area contributed by atoms with Crippen molar-refractivity contribution in [3.05, 3.63) is 75.8 Å². The van der Waals surface area contributed by atoms with Crippen LogP contribution in [-0.2, 0) is 28.6 Å². The van der Waals surface area contributed by atoms with Crippen molar-refractivity contribution in [2.24, 2.45) is 0 Å². The lowest BCUT2D eigenvalue weighted by molar-refractivity contribution is -0.137. The summed E-state index contributed by atoms with van der Waals surface area (Å²) in [7, 11) is 0. The second-order valence-electron chi connectivity index (χ2n) is 9.64. The van der Waals surface area contributed by atoms with Crippen molar-refractivity contribution in [2.45, 2.75) is 37.8 Å². The molecule has 0 saturated carbocycles. The molecular weight excluding hydrogens is 539 g/mol. The van der Waals surface area contributed by atoms with E-state index in [0.29, 0.717) is 49.1 Å². The largest absolute Gasteiger partial charge is 0.416 e. The van der Waals surface area contributed by atoms with Gasteiger partial charge in [0.15, 0.2) is 5.13 Å². The van der Waals surface area contributed by atoms with Crippen molar-refractivity contribution >= 4 is 34.0 Å². The lowest BCUT2D eigenvalue weighted by atomic mass is 9.89. The van der Waals surface area contributed by atoms with E-state index < -0.39 is 35.2 Å². The van der Waals surface area contributed by atoms with Crippen LogP contribution in [0.1, 0.15) is 40.5 Å². The van der Waals surface area contributed by atoms with Gasteiger partial charge in [-0.05, 0) is 55.2 Å². The molecule has 39 heavy (non-hydrogen) atoms. The molecule has 1 N–H and O–H groups in total. The molecule has 1 saturated heterocycles. The van der Waals surface area contributed by atoms with E-state index in [4.69, 9.17) is 0 Å². The van der Waals surface area contributed by atoms with Crippen LogP contribution in [0.25, 0.3) is 0 Å². The number of nitrogens with one attached hydrogen (secondary N) is 1. The Morgan fingerprint density at radius 3 is 2.44 bits per heavy atom. The molecule has 0 spiro atoms. The summed E-state index contributed by atoms with van der Waals surface area (Å²) in [6.45, 7) is 1.56. The molecule has 12 heteroatoms. The van der Waals surface area contributed by atoms with Crippen LogP contribution in [-0.4, -0.2) is 47.9 Å². The fourth-order valence-electron chi connectivity index (χ4n) is 5.06. The number of anilines is 2. The molecule has 5 rings (SSSR count). The number of carbonyl (C=O) groups is 2. The van der Waals surface area contributed by atoms with Crippen LogP contribution in [0, 0.1) is 11.6 Å². The second-order valence-corrected chi connectivity index (χ2v) is 10.7. The Morgan fingerprint density at radius 1 is 1.03 bits per heavy atom. The van der Waals surface area contributed by atoms with Gasteiger partial charge in [0, 0.05) is 42.8 Å². The summed E-state index contributed by atoms with van der Waals surface area (Å²) in [4.78, 5) is 34.9. The highest BCUT2D eigenvalue weighted by molar-refractivity contribution is 7.15. The number of alkyl halides is 3. The van der Waals surface area contributed by atoms with Crippen LogP contribution in [0.15, 0.2) is 42.5 Å². The van der Waals surface area contributed by atoms with Crippen molar-refractivity contribution in [1.82, 2.24) is 9.88 Å². The van der Waals surface area contributed by atoms with Crippen molar-refractivity contribution in [3.63, 3.8) is 0 Å². The number of piperazine rings is 1. The molecule has 2 aromatic carbocycles. The molecule has 1 fully saturated rings. The molecule has 1 atom stereocenters. The number of rotatable bonds is 5. The van der Waals surface area contributed by atoms with Crippen molar-refractivity contribution in [3.8, 4) is 0 Å². The van der Waals surface area contributed by atoms with Crippen LogP contribution in [0.4, 0.5) is 32.8 Å². The average Bonchev–Trinajstić information content (AvgIpc) is 3.29. The topological polar surface area (TPSA) is 65.5 Å². The van der Waals surface area contributed by atoms with Gasteiger partial charge in [-0.2, -0.15) is 13.2 Å². The van der Waals surface area contributed by atoms with Gasteiger partial charge in [0.1, 0.15) is 11.6 Å². The molecule has 1 aliphatic heterocycles. The molecule has 0 bridgehead atoms. The number of amides is 2. The number of carbonyl (C=O) groups excluding carboxylic acids is 2. The number of fused-ring (bicyclic) bond motifs is 1. The summed E-state index contributed by atoms with van der Waals surface area (Å²) >= 11 is 1.29. The number of hydrogen-bond donors (Lipinski definition) is 1. The van der Waals surface area contributed by atoms with Crippen LogP contribution in [0.3, 0.4) is 0 Å².